The highest BCUT2D eigenvalue weighted by Crippen LogP contribution is 2.29. The molecule has 4 heteroatoms. The molecule has 0 aromatic carbocycles. The summed E-state index contributed by atoms with van der Waals surface area (Å²) >= 11 is 0. The van der Waals surface area contributed by atoms with Gasteiger partial charge in [-0.3, -0.25) is 4.79 Å². The van der Waals surface area contributed by atoms with Crippen LogP contribution in [0.4, 0.5) is 0 Å². The van der Waals surface area contributed by atoms with Crippen LogP contribution in [0.15, 0.2) is 11.6 Å². The average Bonchev–Trinajstić information content (AvgIpc) is 1.74. The Morgan fingerprint density at radius 1 is 1.47 bits per heavy atom. The van der Waals surface area contributed by atoms with E-state index in [1.807, 2.05) is 6.08 Å². The Balaban J connectivity index is 0.00000196. The highest BCUT2D eigenvalue weighted by Gasteiger charge is 2.32. The summed E-state index contributed by atoms with van der Waals surface area (Å²) in [4.78, 5) is 10.6. The number of hydrogen-bond donors (Lipinski definition) is 2. The van der Waals surface area contributed by atoms with Crippen molar-refractivity contribution in [2.24, 2.45) is 0 Å². The summed E-state index contributed by atoms with van der Waals surface area (Å²) in [5.74, 6) is -0.746. The van der Waals surface area contributed by atoms with Crippen LogP contribution in [0.2, 0.25) is 0 Å². The Morgan fingerprint density at radius 3 is 2.40 bits per heavy atom. The molecule has 1 aliphatic rings. The second kappa shape index (κ2) is 4.54. The van der Waals surface area contributed by atoms with E-state index in [0.29, 0.717) is 0 Å². The molecule has 0 fully saturated rings. The molecule has 0 saturated carbocycles. The van der Waals surface area contributed by atoms with Crippen LogP contribution in [0, 0.1) is 0 Å². The molecular weight excluding hydrogens is 214 g/mol. The van der Waals surface area contributed by atoms with E-state index in [4.69, 9.17) is 5.11 Å². The lowest BCUT2D eigenvalue weighted by Crippen LogP contribution is -2.54. The van der Waals surface area contributed by atoms with Crippen LogP contribution in [-0.4, -0.2) is 22.2 Å². The fourth-order valence-electron chi connectivity index (χ4n) is 2.39. The molecule has 0 aliphatic carbocycles. The monoisotopic (exact) mass is 233 g/mol. The smallest absolute Gasteiger partial charge is 0.307 e. The van der Waals surface area contributed by atoms with Crippen molar-refractivity contribution < 1.29 is 9.90 Å². The zero-order valence-corrected chi connectivity index (χ0v) is 10.6. The first-order valence-electron chi connectivity index (χ1n) is 4.92. The standard InChI is InChI=1S/C11H19NO2.ClH/c1-10(2)6-8(5-9(13)14)7-11(3,4)12-10;/h6,12H,5,7H2,1-4H3,(H,13,14);1H. The Hall–Kier alpha value is -0.540. The number of nitrogens with one attached hydrogen (secondary N) is 1. The van der Waals surface area contributed by atoms with Crippen molar-refractivity contribution in [2.45, 2.75) is 51.6 Å². The third-order valence-electron chi connectivity index (χ3n) is 2.27. The second-order valence-electron chi connectivity index (χ2n) is 5.28. The Labute approximate surface area is 97.4 Å². The van der Waals surface area contributed by atoms with Crippen molar-refractivity contribution in [1.29, 1.82) is 0 Å². The largest absolute Gasteiger partial charge is 0.481 e. The SMILES string of the molecule is CC1(C)C=C(CC(=O)O)CC(C)(C)N1.Cl. The summed E-state index contributed by atoms with van der Waals surface area (Å²) < 4.78 is 0. The van der Waals surface area contributed by atoms with Gasteiger partial charge < -0.3 is 10.4 Å². The Kier molecular flexibility index (Phi) is 4.37. The summed E-state index contributed by atoms with van der Waals surface area (Å²) in [6, 6.07) is 0. The van der Waals surface area contributed by atoms with E-state index in [1.165, 1.54) is 0 Å². The summed E-state index contributed by atoms with van der Waals surface area (Å²) in [6.07, 6.45) is 3.00. The maximum atomic E-state index is 10.6. The number of carboxylic acid groups (broad SMARTS) is 1. The minimum Gasteiger partial charge on any atom is -0.481 e. The van der Waals surface area contributed by atoms with E-state index in [0.717, 1.165) is 12.0 Å². The minimum absolute atomic E-state index is 0. The van der Waals surface area contributed by atoms with Crippen molar-refractivity contribution >= 4 is 18.4 Å². The van der Waals surface area contributed by atoms with Crippen molar-refractivity contribution in [3.8, 4) is 0 Å². The zero-order chi connectivity index (χ0) is 11.0. The number of aliphatic carboxylic acids is 1. The molecule has 2 N–H and O–H groups in total. The molecule has 0 radical (unpaired) electrons. The van der Waals surface area contributed by atoms with Crippen molar-refractivity contribution in [3.05, 3.63) is 11.6 Å². The average molecular weight is 234 g/mol. The van der Waals surface area contributed by atoms with Gasteiger partial charge in [0.05, 0.1) is 6.42 Å². The quantitative estimate of drug-likeness (QED) is 0.720. The van der Waals surface area contributed by atoms with Gasteiger partial charge in [-0.2, -0.15) is 0 Å². The summed E-state index contributed by atoms with van der Waals surface area (Å²) in [6.45, 7) is 8.33. The highest BCUT2D eigenvalue weighted by atomic mass is 35.5. The van der Waals surface area contributed by atoms with Crippen LogP contribution in [0.25, 0.3) is 0 Å². The minimum atomic E-state index is -0.746. The second-order valence-corrected chi connectivity index (χ2v) is 5.28. The van der Waals surface area contributed by atoms with Gasteiger partial charge in [-0.05, 0) is 34.1 Å². The summed E-state index contributed by atoms with van der Waals surface area (Å²) in [7, 11) is 0. The van der Waals surface area contributed by atoms with Gasteiger partial charge in [0, 0.05) is 11.1 Å². The predicted molar refractivity (Wildman–Crippen MR) is 63.5 cm³/mol. The third kappa shape index (κ3) is 4.67. The molecule has 1 heterocycles. The number of carbonyl (C=O) groups is 1. The molecule has 15 heavy (non-hydrogen) atoms. The molecule has 0 spiro atoms. The van der Waals surface area contributed by atoms with Crippen molar-refractivity contribution in [1.82, 2.24) is 5.32 Å². The molecular formula is C11H20ClNO2. The molecule has 3 nitrogen and oxygen atoms in total. The van der Waals surface area contributed by atoms with E-state index < -0.39 is 5.97 Å². The van der Waals surface area contributed by atoms with E-state index in [1.54, 1.807) is 0 Å². The van der Waals surface area contributed by atoms with Gasteiger partial charge in [-0.15, -0.1) is 12.4 Å². The van der Waals surface area contributed by atoms with Crippen LogP contribution in [0.5, 0.6) is 0 Å². The molecule has 0 saturated heterocycles. The molecule has 88 valence electrons. The maximum absolute atomic E-state index is 10.6. The third-order valence-corrected chi connectivity index (χ3v) is 2.27. The van der Waals surface area contributed by atoms with Crippen LogP contribution >= 0.6 is 12.4 Å². The fourth-order valence-corrected chi connectivity index (χ4v) is 2.39. The number of halogens is 1. The molecule has 1 aliphatic heterocycles. The van der Waals surface area contributed by atoms with E-state index >= 15 is 0 Å². The molecule has 0 aromatic heterocycles. The van der Waals surface area contributed by atoms with Gasteiger partial charge in [0.2, 0.25) is 0 Å². The first kappa shape index (κ1) is 14.5. The molecule has 0 aromatic rings. The molecule has 0 unspecified atom stereocenters. The van der Waals surface area contributed by atoms with Crippen molar-refractivity contribution in [2.75, 3.05) is 0 Å². The Bertz CT molecular complexity index is 282. The number of carboxylic acids is 1. The van der Waals surface area contributed by atoms with E-state index in [2.05, 4.69) is 33.0 Å². The Morgan fingerprint density at radius 2 is 2.00 bits per heavy atom. The number of rotatable bonds is 2. The van der Waals surface area contributed by atoms with Gasteiger partial charge in [0.1, 0.15) is 0 Å². The van der Waals surface area contributed by atoms with Crippen molar-refractivity contribution in [3.63, 3.8) is 0 Å². The molecule has 0 bridgehead atoms. The predicted octanol–water partition coefficient (Wildman–Crippen LogP) is 2.36. The highest BCUT2D eigenvalue weighted by molar-refractivity contribution is 5.85. The first-order chi connectivity index (χ1) is 6.20. The summed E-state index contributed by atoms with van der Waals surface area (Å²) in [5, 5.41) is 12.2. The zero-order valence-electron chi connectivity index (χ0n) is 9.76. The fraction of sp³-hybridized carbons (Fsp3) is 0.727. The van der Waals surface area contributed by atoms with Gasteiger partial charge in [0.25, 0.3) is 0 Å². The lowest BCUT2D eigenvalue weighted by Gasteiger charge is -2.41. The topological polar surface area (TPSA) is 49.3 Å². The molecule has 0 atom stereocenters. The van der Waals surface area contributed by atoms with Crippen LogP contribution in [-0.2, 0) is 4.79 Å². The van der Waals surface area contributed by atoms with Gasteiger partial charge >= 0.3 is 5.97 Å². The number of hydrogen-bond acceptors (Lipinski definition) is 2. The van der Waals surface area contributed by atoms with Crippen LogP contribution in [0.1, 0.15) is 40.5 Å². The normalized spacial score (nSPS) is 22.5. The van der Waals surface area contributed by atoms with Gasteiger partial charge in [-0.25, -0.2) is 0 Å². The van der Waals surface area contributed by atoms with Gasteiger partial charge in [0.15, 0.2) is 0 Å². The summed E-state index contributed by atoms with van der Waals surface area (Å²) in [5.41, 5.74) is 0.904. The van der Waals surface area contributed by atoms with Crippen LogP contribution in [0.3, 0.4) is 0 Å². The van der Waals surface area contributed by atoms with Crippen LogP contribution < -0.4 is 5.32 Å². The molecule has 0 amide bonds. The lowest BCUT2D eigenvalue weighted by molar-refractivity contribution is -0.136. The van der Waals surface area contributed by atoms with E-state index in [9.17, 15) is 4.79 Å². The first-order valence-corrected chi connectivity index (χ1v) is 4.92. The lowest BCUT2D eigenvalue weighted by atomic mass is 9.82. The van der Waals surface area contributed by atoms with Gasteiger partial charge in [-0.1, -0.05) is 11.6 Å². The maximum Gasteiger partial charge on any atom is 0.307 e. The van der Waals surface area contributed by atoms with E-state index in [-0.39, 0.29) is 29.9 Å². The molecule has 1 rings (SSSR count).